The smallest absolute Gasteiger partial charge is 0.330 e. The molecule has 0 saturated carbocycles. The minimum absolute atomic E-state index is 0.131. The molecule has 31 heavy (non-hydrogen) atoms. The van der Waals surface area contributed by atoms with Crippen LogP contribution in [0.4, 0.5) is 0 Å². The molecule has 0 amide bonds. The van der Waals surface area contributed by atoms with Crippen LogP contribution in [0.5, 0.6) is 0 Å². The van der Waals surface area contributed by atoms with Gasteiger partial charge in [-0.15, -0.1) is 0 Å². The van der Waals surface area contributed by atoms with E-state index in [0.717, 1.165) is 19.3 Å². The van der Waals surface area contributed by atoms with E-state index in [9.17, 15) is 19.2 Å². The van der Waals surface area contributed by atoms with Gasteiger partial charge in [-0.3, -0.25) is 19.0 Å². The summed E-state index contributed by atoms with van der Waals surface area (Å²) in [6.07, 6.45) is 5.78. The predicted octanol–water partition coefficient (Wildman–Crippen LogP) is 2.10. The number of hydrogen-bond acceptors (Lipinski definition) is 7. The first-order chi connectivity index (χ1) is 14.8. The van der Waals surface area contributed by atoms with Crippen molar-refractivity contribution < 1.29 is 23.8 Å². The van der Waals surface area contributed by atoms with Gasteiger partial charge >= 0.3 is 17.6 Å². The molecule has 0 saturated heterocycles. The largest absolute Gasteiger partial charge is 0.463 e. The number of carbonyl (C=O) groups is 2. The van der Waals surface area contributed by atoms with Crippen molar-refractivity contribution >= 4 is 11.9 Å². The lowest BCUT2D eigenvalue weighted by molar-refractivity contribution is -0.163. The van der Waals surface area contributed by atoms with E-state index in [-0.39, 0.29) is 12.3 Å². The molecule has 9 heteroatoms. The van der Waals surface area contributed by atoms with Crippen LogP contribution in [-0.4, -0.2) is 39.9 Å². The van der Waals surface area contributed by atoms with Gasteiger partial charge in [-0.25, -0.2) is 4.79 Å². The van der Waals surface area contributed by atoms with Crippen molar-refractivity contribution in [2.24, 2.45) is 0 Å². The maximum absolute atomic E-state index is 13.1. The van der Waals surface area contributed by atoms with Crippen LogP contribution in [0.15, 0.2) is 27.9 Å². The number of hydrogen-bond donors (Lipinski definition) is 0. The van der Waals surface area contributed by atoms with Gasteiger partial charge in [0.1, 0.15) is 24.9 Å². The van der Waals surface area contributed by atoms with E-state index in [1.165, 1.54) is 18.4 Å². The molecule has 9 nitrogen and oxygen atoms in total. The van der Waals surface area contributed by atoms with Crippen LogP contribution in [-0.2, 0) is 36.9 Å². The quantitative estimate of drug-likeness (QED) is 0.408. The van der Waals surface area contributed by atoms with Crippen molar-refractivity contribution in [1.29, 1.82) is 0 Å². The third kappa shape index (κ3) is 6.65. The van der Waals surface area contributed by atoms with E-state index < -0.39 is 35.8 Å². The average molecular weight is 437 g/mol. The molecule has 0 bridgehead atoms. The van der Waals surface area contributed by atoms with E-state index in [1.807, 2.05) is 13.8 Å². The number of ether oxygens (including phenoxy) is 3. The second-order valence-corrected chi connectivity index (χ2v) is 7.58. The normalized spacial score (nSPS) is 20.5. The number of unbranched alkanes of at least 4 members (excludes halogenated alkanes) is 2. The lowest BCUT2D eigenvalue weighted by atomic mass is 10.0. The van der Waals surface area contributed by atoms with Crippen LogP contribution in [0.1, 0.15) is 65.0 Å². The topological polar surface area (TPSA) is 106 Å². The van der Waals surface area contributed by atoms with E-state index in [1.54, 1.807) is 22.9 Å². The van der Waals surface area contributed by atoms with Crippen molar-refractivity contribution in [1.82, 2.24) is 9.13 Å². The molecule has 0 spiro atoms. The van der Waals surface area contributed by atoms with Gasteiger partial charge in [0.25, 0.3) is 5.56 Å². The third-order valence-electron chi connectivity index (χ3n) is 4.97. The van der Waals surface area contributed by atoms with Crippen LogP contribution < -0.4 is 11.2 Å². The zero-order valence-electron chi connectivity index (χ0n) is 18.7. The molecule has 1 aliphatic heterocycles. The zero-order valence-corrected chi connectivity index (χ0v) is 18.7. The lowest BCUT2D eigenvalue weighted by Crippen LogP contribution is -2.44. The molecule has 1 aromatic rings. The highest BCUT2D eigenvalue weighted by Crippen LogP contribution is 2.26. The molecule has 3 atom stereocenters. The van der Waals surface area contributed by atoms with Gasteiger partial charge in [-0.2, -0.15) is 0 Å². The van der Waals surface area contributed by atoms with Crippen LogP contribution >= 0.6 is 0 Å². The Kier molecular flexibility index (Phi) is 9.23. The lowest BCUT2D eigenvalue weighted by Gasteiger charge is -2.31. The van der Waals surface area contributed by atoms with Crippen LogP contribution in [0.2, 0.25) is 0 Å². The molecule has 0 aliphatic carbocycles. The van der Waals surface area contributed by atoms with Crippen molar-refractivity contribution in [2.75, 3.05) is 6.61 Å². The van der Waals surface area contributed by atoms with Crippen molar-refractivity contribution in [3.05, 3.63) is 44.8 Å². The summed E-state index contributed by atoms with van der Waals surface area (Å²) < 4.78 is 19.1. The van der Waals surface area contributed by atoms with E-state index in [2.05, 4.69) is 0 Å². The van der Waals surface area contributed by atoms with Crippen molar-refractivity contribution in [3.8, 4) is 0 Å². The second-order valence-electron chi connectivity index (χ2n) is 7.58. The van der Waals surface area contributed by atoms with E-state index in [4.69, 9.17) is 14.2 Å². The maximum atomic E-state index is 13.1. The molecule has 2 heterocycles. The highest BCUT2D eigenvalue weighted by molar-refractivity contribution is 5.66. The monoisotopic (exact) mass is 436 g/mol. The third-order valence-corrected chi connectivity index (χ3v) is 4.97. The Morgan fingerprint density at radius 2 is 1.71 bits per heavy atom. The molecule has 172 valence electrons. The molecular formula is C22H32N2O7. The summed E-state index contributed by atoms with van der Waals surface area (Å²) in [5.41, 5.74) is -0.417. The minimum atomic E-state index is -0.776. The number of aromatic nitrogens is 2. The Morgan fingerprint density at radius 1 is 1.03 bits per heavy atom. The summed E-state index contributed by atoms with van der Waals surface area (Å²) in [5.74, 6) is -0.995. The van der Waals surface area contributed by atoms with Crippen molar-refractivity contribution in [3.63, 3.8) is 0 Å². The highest BCUT2D eigenvalue weighted by Gasteiger charge is 2.33. The molecule has 2 rings (SSSR count). The molecule has 0 aromatic carbocycles. The highest BCUT2D eigenvalue weighted by atomic mass is 16.6. The number of nitrogens with zero attached hydrogens (tertiary/aromatic N) is 2. The molecule has 0 radical (unpaired) electrons. The number of aryl methyl sites for hydroxylation is 1. The first-order valence-corrected chi connectivity index (χ1v) is 10.8. The number of rotatable bonds is 10. The van der Waals surface area contributed by atoms with E-state index in [0.29, 0.717) is 25.1 Å². The standard InChI is InChI=1S/C22H32N2O7/c1-5-7-11-23-13-17(21(27)24(22(23)28)12-8-6-2)18-9-10-19(30-16(4)26)20(31-18)14-29-15(3)25/h9-10,13,18-20H,5-8,11-12,14H2,1-4H3/t18-,19+,20+/m0/s1. The number of esters is 2. The summed E-state index contributed by atoms with van der Waals surface area (Å²) in [6.45, 7) is 7.27. The Bertz CT molecular complexity index is 915. The van der Waals surface area contributed by atoms with E-state index >= 15 is 0 Å². The fourth-order valence-electron chi connectivity index (χ4n) is 3.34. The first kappa shape index (κ1) is 24.6. The summed E-state index contributed by atoms with van der Waals surface area (Å²) in [6, 6.07) is 0. The van der Waals surface area contributed by atoms with Gasteiger partial charge in [0.2, 0.25) is 0 Å². The summed E-state index contributed by atoms with van der Waals surface area (Å²) in [5, 5.41) is 0. The summed E-state index contributed by atoms with van der Waals surface area (Å²) >= 11 is 0. The fraction of sp³-hybridized carbons (Fsp3) is 0.636. The van der Waals surface area contributed by atoms with Gasteiger partial charge < -0.3 is 18.8 Å². The molecule has 1 aliphatic rings. The Labute approximate surface area is 181 Å². The zero-order chi connectivity index (χ0) is 23.0. The average Bonchev–Trinajstić information content (AvgIpc) is 2.72. The van der Waals surface area contributed by atoms with Crippen LogP contribution in [0.25, 0.3) is 0 Å². The van der Waals surface area contributed by atoms with Gasteiger partial charge in [0.15, 0.2) is 0 Å². The fourth-order valence-corrected chi connectivity index (χ4v) is 3.34. The second kappa shape index (κ2) is 11.6. The Balaban J connectivity index is 2.44. The minimum Gasteiger partial charge on any atom is -0.463 e. The Hall–Kier alpha value is -2.68. The van der Waals surface area contributed by atoms with Crippen LogP contribution in [0.3, 0.4) is 0 Å². The number of carbonyl (C=O) groups excluding carboxylic acids is 2. The van der Waals surface area contributed by atoms with Gasteiger partial charge in [-0.1, -0.05) is 32.8 Å². The van der Waals surface area contributed by atoms with Gasteiger partial charge in [0.05, 0.1) is 5.56 Å². The van der Waals surface area contributed by atoms with Gasteiger partial charge in [0, 0.05) is 33.1 Å². The molecule has 0 N–H and O–H groups in total. The summed E-state index contributed by atoms with van der Waals surface area (Å²) in [4.78, 5) is 48.6. The molecule has 0 unspecified atom stereocenters. The van der Waals surface area contributed by atoms with Gasteiger partial charge in [-0.05, 0) is 18.9 Å². The first-order valence-electron chi connectivity index (χ1n) is 10.8. The maximum Gasteiger partial charge on any atom is 0.330 e. The SMILES string of the molecule is CCCCn1cc([C@@H]2C=C[C@@H](OC(C)=O)[C@@H](COC(C)=O)O2)c(=O)n(CCCC)c1=O. The molecular weight excluding hydrogens is 404 g/mol. The molecule has 1 aromatic heterocycles. The predicted molar refractivity (Wildman–Crippen MR) is 114 cm³/mol. The Morgan fingerprint density at radius 3 is 2.32 bits per heavy atom. The van der Waals surface area contributed by atoms with Crippen LogP contribution in [0, 0.1) is 0 Å². The summed E-state index contributed by atoms with van der Waals surface area (Å²) in [7, 11) is 0. The van der Waals surface area contributed by atoms with Crippen molar-refractivity contribution in [2.45, 2.75) is 84.8 Å². The molecule has 0 fully saturated rings.